The molecule has 0 aliphatic carbocycles. The van der Waals surface area contributed by atoms with Gasteiger partial charge in [0.25, 0.3) is 0 Å². The first-order valence-electron chi connectivity index (χ1n) is 11.4. The summed E-state index contributed by atoms with van der Waals surface area (Å²) in [6.45, 7) is 3.11. The molecule has 1 N–H and O–H groups in total. The zero-order chi connectivity index (χ0) is 27.4. The second-order valence-corrected chi connectivity index (χ2v) is 8.41. The van der Waals surface area contributed by atoms with Gasteiger partial charge in [0.2, 0.25) is 18.2 Å². The molecule has 3 amide bonds. The van der Waals surface area contributed by atoms with E-state index in [-0.39, 0.29) is 29.0 Å². The third-order valence-electron chi connectivity index (χ3n) is 5.67. The van der Waals surface area contributed by atoms with E-state index < -0.39 is 5.91 Å². The van der Waals surface area contributed by atoms with Crippen molar-refractivity contribution < 1.29 is 23.5 Å². The quantitative estimate of drug-likeness (QED) is 0.306. The van der Waals surface area contributed by atoms with E-state index in [1.807, 2.05) is 0 Å². The Morgan fingerprint density at radius 1 is 1.16 bits per heavy atom. The number of methoxy groups -OCH3 is 1. The molecule has 1 fully saturated rings. The number of carbonyl (C=O) groups is 3. The fourth-order valence-corrected chi connectivity index (χ4v) is 4.02. The topological polar surface area (TPSA) is 82.2 Å². The molecule has 3 rings (SSSR count). The maximum atomic E-state index is 13.1. The first-order chi connectivity index (χ1) is 17.9. The summed E-state index contributed by atoms with van der Waals surface area (Å²) in [5.74, 6) is -0.573. The van der Waals surface area contributed by atoms with Gasteiger partial charge in [-0.15, -0.1) is 12.8 Å². The molecule has 10 heteroatoms. The Morgan fingerprint density at radius 2 is 1.81 bits per heavy atom. The van der Waals surface area contributed by atoms with Gasteiger partial charge in [-0.3, -0.25) is 24.2 Å². The lowest BCUT2D eigenvalue weighted by Gasteiger charge is -2.34. The third-order valence-corrected chi connectivity index (χ3v) is 5.97. The summed E-state index contributed by atoms with van der Waals surface area (Å²) in [6, 6.07) is 9.44. The van der Waals surface area contributed by atoms with Crippen molar-refractivity contribution in [1.29, 1.82) is 0 Å². The van der Waals surface area contributed by atoms with Crippen LogP contribution in [0, 0.1) is 18.7 Å². The largest absolute Gasteiger partial charge is 0.495 e. The molecule has 0 unspecified atom stereocenters. The first kappa shape index (κ1) is 29.5. The number of rotatable bonds is 9. The molecular formula is C27H30ClFN4O4. The normalized spacial score (nSPS) is 13.5. The van der Waals surface area contributed by atoms with Crippen LogP contribution in [0.15, 0.2) is 42.5 Å². The summed E-state index contributed by atoms with van der Waals surface area (Å²) in [5.41, 5.74) is 1.70. The van der Waals surface area contributed by atoms with Crippen molar-refractivity contribution in [3.05, 3.63) is 64.4 Å². The zero-order valence-electron chi connectivity index (χ0n) is 20.8. The molecular weight excluding hydrogens is 499 g/mol. The number of ether oxygens (including phenoxy) is 1. The number of benzene rings is 2. The molecule has 0 spiro atoms. The van der Waals surface area contributed by atoms with Crippen LogP contribution < -0.4 is 15.0 Å². The van der Waals surface area contributed by atoms with Gasteiger partial charge in [-0.25, -0.2) is 4.39 Å². The van der Waals surface area contributed by atoms with Crippen LogP contribution in [0.5, 0.6) is 5.75 Å². The third kappa shape index (κ3) is 8.15. The molecule has 196 valence electrons. The molecule has 0 saturated carbocycles. The summed E-state index contributed by atoms with van der Waals surface area (Å²) in [4.78, 5) is 41.8. The van der Waals surface area contributed by atoms with Crippen molar-refractivity contribution in [2.24, 2.45) is 0 Å². The molecule has 0 aromatic heterocycles. The van der Waals surface area contributed by atoms with E-state index in [4.69, 9.17) is 16.3 Å². The van der Waals surface area contributed by atoms with Gasteiger partial charge in [-0.1, -0.05) is 23.7 Å². The number of carbonyl (C=O) groups excluding carboxylic acids is 3. The lowest BCUT2D eigenvalue weighted by molar-refractivity contribution is -0.127. The van der Waals surface area contributed by atoms with E-state index in [0.29, 0.717) is 50.4 Å². The number of nitrogens with zero attached hydrogens (tertiary/aromatic N) is 3. The Hall–Kier alpha value is -3.71. The Labute approximate surface area is 221 Å². The lowest BCUT2D eigenvalue weighted by atomic mass is 10.1. The Balaban J connectivity index is 0.00000235. The lowest BCUT2D eigenvalue weighted by Crippen LogP contribution is -2.47. The molecule has 1 saturated heterocycles. The van der Waals surface area contributed by atoms with Gasteiger partial charge in [0.05, 0.1) is 24.4 Å². The predicted molar refractivity (Wildman–Crippen MR) is 143 cm³/mol. The molecule has 1 aliphatic rings. The smallest absolute Gasteiger partial charge is 0.247 e. The minimum Gasteiger partial charge on any atom is -0.495 e. The Kier molecular flexibility index (Phi) is 11.8. The van der Waals surface area contributed by atoms with Crippen LogP contribution in [0.3, 0.4) is 0 Å². The number of imide groups is 1. The van der Waals surface area contributed by atoms with Crippen LogP contribution in [-0.4, -0.2) is 74.9 Å². The van der Waals surface area contributed by atoms with Crippen molar-refractivity contribution in [2.45, 2.75) is 6.54 Å². The van der Waals surface area contributed by atoms with Gasteiger partial charge in [-0.2, -0.15) is 0 Å². The molecule has 0 radical (unpaired) electrons. The Bertz CT molecular complexity index is 1130. The van der Waals surface area contributed by atoms with Gasteiger partial charge >= 0.3 is 0 Å². The standard InChI is InChI=1S/C25H28ClFN4O4.C2H2/c1-28-15-25(34)31(17-32)22-14-21(26)23(35-2)13-19(22)5-8-24(33)30-11-9-29(10-12-30)16-18-3-6-20(27)7-4-18;1-2/h3-8,13-14,17,28H,9-12,15-16H2,1-2H3;1-2H/b8-5+;. The number of hydrogen-bond acceptors (Lipinski definition) is 6. The second-order valence-electron chi connectivity index (χ2n) is 8.01. The van der Waals surface area contributed by atoms with E-state index in [2.05, 4.69) is 23.1 Å². The highest BCUT2D eigenvalue weighted by molar-refractivity contribution is 6.32. The highest BCUT2D eigenvalue weighted by atomic mass is 35.5. The monoisotopic (exact) mass is 528 g/mol. The van der Waals surface area contributed by atoms with Crippen LogP contribution in [0.1, 0.15) is 11.1 Å². The molecule has 1 heterocycles. The predicted octanol–water partition coefficient (Wildman–Crippen LogP) is 2.80. The highest BCUT2D eigenvalue weighted by Gasteiger charge is 2.22. The molecule has 8 nitrogen and oxygen atoms in total. The van der Waals surface area contributed by atoms with Crippen LogP contribution in [0.25, 0.3) is 6.08 Å². The molecule has 0 bridgehead atoms. The first-order valence-corrected chi connectivity index (χ1v) is 11.8. The fraction of sp³-hybridized carbons (Fsp3) is 0.296. The van der Waals surface area contributed by atoms with Crippen LogP contribution in [0.2, 0.25) is 5.02 Å². The number of hydrogen-bond donors (Lipinski definition) is 1. The van der Waals surface area contributed by atoms with Crippen molar-refractivity contribution in [2.75, 3.05) is 51.8 Å². The number of piperazine rings is 1. The SMILES string of the molecule is C#C.CNCC(=O)N(C=O)c1cc(Cl)c(OC)cc1/C=C/C(=O)N1CCN(Cc2ccc(F)cc2)CC1. The molecule has 2 aromatic rings. The number of terminal acetylenes is 1. The summed E-state index contributed by atoms with van der Waals surface area (Å²) < 4.78 is 18.4. The summed E-state index contributed by atoms with van der Waals surface area (Å²) in [5, 5.41) is 2.94. The van der Waals surface area contributed by atoms with E-state index in [0.717, 1.165) is 10.5 Å². The number of nitrogens with one attached hydrogen (secondary N) is 1. The van der Waals surface area contributed by atoms with Crippen LogP contribution >= 0.6 is 11.6 Å². The van der Waals surface area contributed by atoms with E-state index in [1.54, 1.807) is 36.2 Å². The van der Waals surface area contributed by atoms with Crippen LogP contribution in [0.4, 0.5) is 10.1 Å². The van der Waals surface area contributed by atoms with Crippen molar-refractivity contribution in [3.8, 4) is 18.6 Å². The molecule has 1 aliphatic heterocycles. The van der Waals surface area contributed by atoms with Crippen LogP contribution in [-0.2, 0) is 20.9 Å². The molecule has 2 aromatic carbocycles. The maximum absolute atomic E-state index is 13.1. The van der Waals surface area contributed by atoms with Gasteiger partial charge in [-0.05, 0) is 43.0 Å². The Morgan fingerprint density at radius 3 is 2.38 bits per heavy atom. The molecule has 37 heavy (non-hydrogen) atoms. The van der Waals surface area contributed by atoms with E-state index in [1.165, 1.54) is 31.4 Å². The fourth-order valence-electron chi connectivity index (χ4n) is 3.78. The van der Waals surface area contributed by atoms with E-state index >= 15 is 0 Å². The maximum Gasteiger partial charge on any atom is 0.247 e. The van der Waals surface area contributed by atoms with E-state index in [9.17, 15) is 18.8 Å². The average molecular weight is 529 g/mol. The number of halogens is 2. The number of amides is 3. The summed E-state index contributed by atoms with van der Waals surface area (Å²) >= 11 is 6.23. The highest BCUT2D eigenvalue weighted by Crippen LogP contribution is 2.33. The summed E-state index contributed by atoms with van der Waals surface area (Å²) in [6.07, 6.45) is 11.4. The zero-order valence-corrected chi connectivity index (χ0v) is 21.6. The second kappa shape index (κ2) is 14.8. The summed E-state index contributed by atoms with van der Waals surface area (Å²) in [7, 11) is 3.05. The van der Waals surface area contributed by atoms with Gasteiger partial charge < -0.3 is 15.0 Å². The number of anilines is 1. The number of likely N-dealkylation sites (N-methyl/N-ethyl adjacent to an activating group) is 1. The van der Waals surface area contributed by atoms with Crippen molar-refractivity contribution >= 4 is 41.6 Å². The average Bonchev–Trinajstić information content (AvgIpc) is 2.91. The van der Waals surface area contributed by atoms with Gasteiger partial charge in [0, 0.05) is 44.4 Å². The minimum absolute atomic E-state index is 0.0489. The van der Waals surface area contributed by atoms with Crippen molar-refractivity contribution in [1.82, 2.24) is 15.1 Å². The molecule has 0 atom stereocenters. The van der Waals surface area contributed by atoms with Gasteiger partial charge in [0.15, 0.2) is 0 Å². The van der Waals surface area contributed by atoms with Gasteiger partial charge in [0.1, 0.15) is 11.6 Å². The van der Waals surface area contributed by atoms with Crippen molar-refractivity contribution in [3.63, 3.8) is 0 Å². The minimum atomic E-state index is -0.470.